The quantitative estimate of drug-likeness (QED) is 0.499. The summed E-state index contributed by atoms with van der Waals surface area (Å²) < 4.78 is 0. The van der Waals surface area contributed by atoms with E-state index < -0.39 is 0 Å². The maximum absolute atomic E-state index is 2.76. The van der Waals surface area contributed by atoms with Gasteiger partial charge in [0.05, 0.1) is 0 Å². The lowest BCUT2D eigenvalue weighted by atomic mass is 9.73. The second kappa shape index (κ2) is 14.4. The SMILES string of the molecule is CC(C)N1CC2CN(C(C)C)C(C1)C(C)(C)C2.CC(C)N1CCCN(C(C)C)CC1.CCC. The second-order valence-corrected chi connectivity index (χ2v) is 12.7. The molecule has 4 heteroatoms. The lowest BCUT2D eigenvalue weighted by Crippen LogP contribution is -2.56. The first-order valence-corrected chi connectivity index (χ1v) is 14.3. The zero-order chi connectivity index (χ0) is 25.3. The Kier molecular flexibility index (Phi) is 13.5. The van der Waals surface area contributed by atoms with E-state index in [4.69, 9.17) is 0 Å². The molecule has 2 unspecified atom stereocenters. The molecule has 4 aliphatic rings. The van der Waals surface area contributed by atoms with E-state index in [9.17, 15) is 0 Å². The highest BCUT2D eigenvalue weighted by Crippen LogP contribution is 2.42. The maximum atomic E-state index is 2.76. The van der Waals surface area contributed by atoms with Crippen LogP contribution in [0.15, 0.2) is 0 Å². The number of nitrogens with zero attached hydrogens (tertiary/aromatic N) is 4. The summed E-state index contributed by atoms with van der Waals surface area (Å²) in [4.78, 5) is 10.6. The summed E-state index contributed by atoms with van der Waals surface area (Å²) >= 11 is 0. The smallest absolute Gasteiger partial charge is 0.0277 e. The van der Waals surface area contributed by atoms with E-state index in [1.165, 1.54) is 65.1 Å². The molecule has 0 N–H and O–H groups in total. The minimum Gasteiger partial charge on any atom is -0.300 e. The zero-order valence-corrected chi connectivity index (χ0v) is 24.8. The fourth-order valence-corrected chi connectivity index (χ4v) is 5.90. The van der Waals surface area contributed by atoms with Crippen molar-refractivity contribution in [2.45, 2.75) is 133 Å². The Hall–Kier alpha value is -0.160. The van der Waals surface area contributed by atoms with Crippen LogP contribution >= 0.6 is 0 Å². The van der Waals surface area contributed by atoms with Gasteiger partial charge in [-0.2, -0.15) is 0 Å². The van der Waals surface area contributed by atoms with Gasteiger partial charge < -0.3 is 0 Å². The van der Waals surface area contributed by atoms with E-state index in [1.54, 1.807) is 0 Å². The minimum absolute atomic E-state index is 0.483. The number of fused-ring (bicyclic) bond motifs is 4. The van der Waals surface area contributed by atoms with Gasteiger partial charge >= 0.3 is 0 Å². The number of hydrogen-bond donors (Lipinski definition) is 0. The maximum Gasteiger partial charge on any atom is 0.0277 e. The average Bonchev–Trinajstić information content (AvgIpc) is 3.11. The van der Waals surface area contributed by atoms with Crippen LogP contribution in [0.1, 0.15) is 102 Å². The summed E-state index contributed by atoms with van der Waals surface area (Å²) in [6.45, 7) is 36.7. The van der Waals surface area contributed by atoms with Crippen molar-refractivity contribution in [3.8, 4) is 0 Å². The molecule has 198 valence electrons. The predicted molar refractivity (Wildman–Crippen MR) is 148 cm³/mol. The fraction of sp³-hybridized carbons (Fsp3) is 1.00. The third-order valence-corrected chi connectivity index (χ3v) is 7.91. The molecule has 0 aromatic heterocycles. The van der Waals surface area contributed by atoms with Crippen molar-refractivity contribution < 1.29 is 0 Å². The van der Waals surface area contributed by atoms with Crippen molar-refractivity contribution >= 4 is 0 Å². The Morgan fingerprint density at radius 3 is 1.48 bits per heavy atom. The molecule has 2 bridgehead atoms. The third kappa shape index (κ3) is 9.78. The van der Waals surface area contributed by atoms with Crippen LogP contribution in [0.2, 0.25) is 0 Å². The molecular weight excluding hydrogens is 404 g/mol. The molecule has 2 atom stereocenters. The van der Waals surface area contributed by atoms with Gasteiger partial charge in [0.1, 0.15) is 0 Å². The first kappa shape index (κ1) is 30.9. The Morgan fingerprint density at radius 2 is 1.09 bits per heavy atom. The van der Waals surface area contributed by atoms with Crippen molar-refractivity contribution in [1.82, 2.24) is 19.6 Å². The number of rotatable bonds is 4. The molecule has 0 aromatic rings. The molecule has 0 aromatic carbocycles. The van der Waals surface area contributed by atoms with Crippen LogP contribution in [0.4, 0.5) is 0 Å². The standard InChI is InChI=1S/C15H30N2.C11H24N2.C3H8/c1-11(2)16-8-13-7-15(5,6)14(10-16)17(9-13)12(3)4;1-10(2)12-6-5-7-13(9-8-12)11(3)4;1-3-2/h11-14H,7-10H2,1-6H3;10-11H,5-9H2,1-4H3;3H2,1-2H3. The van der Waals surface area contributed by atoms with Crippen molar-refractivity contribution in [3.63, 3.8) is 0 Å². The monoisotopic (exact) mass is 466 g/mol. The lowest BCUT2D eigenvalue weighted by molar-refractivity contribution is 0.00297. The van der Waals surface area contributed by atoms with Crippen LogP contribution in [-0.2, 0) is 0 Å². The summed E-state index contributed by atoms with van der Waals surface area (Å²) in [6.07, 6.45) is 3.99. The van der Waals surface area contributed by atoms with Crippen LogP contribution in [0.25, 0.3) is 0 Å². The summed E-state index contributed by atoms with van der Waals surface area (Å²) in [5.41, 5.74) is 0.483. The van der Waals surface area contributed by atoms with Gasteiger partial charge in [-0.1, -0.05) is 34.1 Å². The van der Waals surface area contributed by atoms with Gasteiger partial charge in [0, 0.05) is 62.9 Å². The van der Waals surface area contributed by atoms with Crippen molar-refractivity contribution in [2.24, 2.45) is 11.3 Å². The molecule has 33 heavy (non-hydrogen) atoms. The minimum atomic E-state index is 0.483. The van der Waals surface area contributed by atoms with Gasteiger partial charge in [-0.3, -0.25) is 19.6 Å². The van der Waals surface area contributed by atoms with Crippen LogP contribution < -0.4 is 0 Å². The third-order valence-electron chi connectivity index (χ3n) is 7.91. The summed E-state index contributed by atoms with van der Waals surface area (Å²) in [7, 11) is 0. The van der Waals surface area contributed by atoms with Crippen LogP contribution in [0.3, 0.4) is 0 Å². The first-order valence-electron chi connectivity index (χ1n) is 14.3. The molecule has 4 fully saturated rings. The van der Waals surface area contributed by atoms with E-state index in [2.05, 4.69) is 103 Å². The van der Waals surface area contributed by atoms with Crippen LogP contribution in [0.5, 0.6) is 0 Å². The molecule has 0 radical (unpaired) electrons. The van der Waals surface area contributed by atoms with E-state index in [-0.39, 0.29) is 0 Å². The van der Waals surface area contributed by atoms with Gasteiger partial charge in [0.15, 0.2) is 0 Å². The van der Waals surface area contributed by atoms with Crippen molar-refractivity contribution in [3.05, 3.63) is 0 Å². The zero-order valence-electron chi connectivity index (χ0n) is 24.8. The summed E-state index contributed by atoms with van der Waals surface area (Å²) in [5.74, 6) is 0.869. The molecule has 4 aliphatic heterocycles. The van der Waals surface area contributed by atoms with Gasteiger partial charge in [-0.15, -0.1) is 0 Å². The van der Waals surface area contributed by atoms with Crippen LogP contribution in [0, 0.1) is 11.3 Å². The molecule has 0 aliphatic carbocycles. The highest BCUT2D eigenvalue weighted by molar-refractivity contribution is 5.00. The Morgan fingerprint density at radius 1 is 0.636 bits per heavy atom. The van der Waals surface area contributed by atoms with Crippen molar-refractivity contribution in [2.75, 3.05) is 45.8 Å². The van der Waals surface area contributed by atoms with E-state index in [0.29, 0.717) is 29.6 Å². The highest BCUT2D eigenvalue weighted by Gasteiger charge is 2.46. The Bertz CT molecular complexity index is 496. The largest absolute Gasteiger partial charge is 0.300 e. The summed E-state index contributed by atoms with van der Waals surface area (Å²) in [5, 5.41) is 0. The molecular formula is C29H62N4. The van der Waals surface area contributed by atoms with Crippen LogP contribution in [-0.4, -0.2) is 95.6 Å². The molecule has 4 heterocycles. The molecule has 0 saturated carbocycles. The van der Waals surface area contributed by atoms with Gasteiger partial charge in [0.2, 0.25) is 0 Å². The second-order valence-electron chi connectivity index (χ2n) is 12.7. The lowest BCUT2D eigenvalue weighted by Gasteiger charge is -2.49. The summed E-state index contributed by atoms with van der Waals surface area (Å²) in [6, 6.07) is 3.55. The molecule has 0 amide bonds. The molecule has 4 saturated heterocycles. The van der Waals surface area contributed by atoms with E-state index in [1.807, 2.05) is 0 Å². The van der Waals surface area contributed by atoms with Gasteiger partial charge in [0.25, 0.3) is 0 Å². The molecule has 4 rings (SSSR count). The van der Waals surface area contributed by atoms with E-state index in [0.717, 1.165) is 12.0 Å². The average molecular weight is 467 g/mol. The molecule has 4 nitrogen and oxygen atoms in total. The van der Waals surface area contributed by atoms with Gasteiger partial charge in [-0.05, 0) is 92.7 Å². The fourth-order valence-electron chi connectivity index (χ4n) is 5.90. The molecule has 0 spiro atoms. The normalized spacial score (nSPS) is 27.3. The number of hydrogen-bond acceptors (Lipinski definition) is 4. The van der Waals surface area contributed by atoms with E-state index >= 15 is 0 Å². The van der Waals surface area contributed by atoms with Gasteiger partial charge in [-0.25, -0.2) is 0 Å². The Balaban J connectivity index is 0.000000304. The number of piperidine rings is 1. The van der Waals surface area contributed by atoms with Crippen molar-refractivity contribution in [1.29, 1.82) is 0 Å². The topological polar surface area (TPSA) is 13.0 Å². The predicted octanol–water partition coefficient (Wildman–Crippen LogP) is 6.06. The Labute approximate surface area is 209 Å². The first-order chi connectivity index (χ1) is 15.3. The highest BCUT2D eigenvalue weighted by atomic mass is 15.3.